The molecule has 0 saturated heterocycles. The molecule has 0 radical (unpaired) electrons. The maximum absolute atomic E-state index is 5.87. The Morgan fingerprint density at radius 2 is 2.32 bits per heavy atom. The summed E-state index contributed by atoms with van der Waals surface area (Å²) in [5, 5.41) is 6.81. The summed E-state index contributed by atoms with van der Waals surface area (Å²) in [6.45, 7) is 4.92. The van der Waals surface area contributed by atoms with Gasteiger partial charge in [-0.05, 0) is 24.6 Å². The molecule has 0 aromatic carbocycles. The molecular weight excluding hydrogens is 238 g/mol. The summed E-state index contributed by atoms with van der Waals surface area (Å²) < 4.78 is 7.45. The van der Waals surface area contributed by atoms with Crippen molar-refractivity contribution in [2.75, 3.05) is 7.11 Å². The maximum Gasteiger partial charge on any atom is 0.126 e. The second-order valence-electron chi connectivity index (χ2n) is 5.29. The van der Waals surface area contributed by atoms with Crippen LogP contribution >= 0.6 is 0 Å². The van der Waals surface area contributed by atoms with Crippen molar-refractivity contribution < 1.29 is 4.74 Å². The highest BCUT2D eigenvalue weighted by atomic mass is 16.5. The average Bonchev–Trinajstić information content (AvgIpc) is 2.90. The van der Waals surface area contributed by atoms with Crippen molar-refractivity contribution in [3.63, 3.8) is 0 Å². The molecule has 3 rings (SSSR count). The van der Waals surface area contributed by atoms with Crippen molar-refractivity contribution in [3.8, 4) is 0 Å². The first kappa shape index (κ1) is 12.2. The zero-order valence-corrected chi connectivity index (χ0v) is 11.6. The van der Waals surface area contributed by atoms with E-state index in [4.69, 9.17) is 10.5 Å². The van der Waals surface area contributed by atoms with Crippen molar-refractivity contribution >= 4 is 11.6 Å². The summed E-state index contributed by atoms with van der Waals surface area (Å²) >= 11 is 0. The molecule has 19 heavy (non-hydrogen) atoms. The first-order valence-electron chi connectivity index (χ1n) is 6.62. The normalized spacial score (nSPS) is 22.1. The summed E-state index contributed by atoms with van der Waals surface area (Å²) in [6.07, 6.45) is 8.33. The third kappa shape index (κ3) is 1.83. The molecule has 2 aliphatic carbocycles. The second kappa shape index (κ2) is 4.38. The fourth-order valence-electron chi connectivity index (χ4n) is 2.82. The molecule has 2 N–H and O–H groups in total. The molecular formula is C15H19N3O. The van der Waals surface area contributed by atoms with E-state index in [0.29, 0.717) is 5.92 Å². The predicted molar refractivity (Wildman–Crippen MR) is 75.3 cm³/mol. The number of ether oxygens (including phenoxy) is 1. The number of nitrogens with zero attached hydrogens (tertiary/aromatic N) is 2. The molecule has 0 saturated carbocycles. The zero-order chi connectivity index (χ0) is 13.6. The lowest BCUT2D eigenvalue weighted by atomic mass is 9.90. The third-order valence-electron chi connectivity index (χ3n) is 3.68. The smallest absolute Gasteiger partial charge is 0.126 e. The molecule has 0 spiro atoms. The number of fused-ring (bicyclic) bond motifs is 2. The van der Waals surface area contributed by atoms with Crippen LogP contribution in [0, 0.1) is 5.92 Å². The predicted octanol–water partition coefficient (Wildman–Crippen LogP) is 0.282. The number of allylic oxidation sites excluding steroid dienone is 3. The number of aromatic nitrogens is 2. The molecule has 2 unspecified atom stereocenters. The largest absolute Gasteiger partial charge is 0.496 e. The van der Waals surface area contributed by atoms with Crippen LogP contribution in [-0.4, -0.2) is 22.9 Å². The van der Waals surface area contributed by atoms with E-state index in [9.17, 15) is 0 Å². The van der Waals surface area contributed by atoms with Crippen molar-refractivity contribution in [2.45, 2.75) is 26.4 Å². The molecule has 1 aromatic rings. The molecule has 0 fully saturated rings. The highest BCUT2D eigenvalue weighted by molar-refractivity contribution is 5.85. The minimum atomic E-state index is 0.0939. The Bertz CT molecular complexity index is 691. The van der Waals surface area contributed by atoms with Gasteiger partial charge in [0.2, 0.25) is 0 Å². The van der Waals surface area contributed by atoms with Crippen molar-refractivity contribution in [1.82, 2.24) is 9.78 Å². The first-order valence-corrected chi connectivity index (χ1v) is 6.62. The van der Waals surface area contributed by atoms with Gasteiger partial charge in [-0.1, -0.05) is 13.0 Å². The van der Waals surface area contributed by atoms with Gasteiger partial charge in [0.25, 0.3) is 0 Å². The standard InChI is InChI=1S/C15H19N3O/c1-9-4-5-14(19-3)11-6-13-12(15(9)11)7-17-18(13)8-10(2)16/h4-7,9-10H,8,16H2,1-3H3. The molecule has 100 valence electrons. The van der Waals surface area contributed by atoms with E-state index in [0.717, 1.165) is 17.7 Å². The van der Waals surface area contributed by atoms with Gasteiger partial charge in [0.05, 0.1) is 25.2 Å². The summed E-state index contributed by atoms with van der Waals surface area (Å²) in [5.41, 5.74) is 8.37. The van der Waals surface area contributed by atoms with Crippen LogP contribution < -0.4 is 16.3 Å². The first-order chi connectivity index (χ1) is 9.11. The van der Waals surface area contributed by atoms with Gasteiger partial charge in [-0.2, -0.15) is 5.10 Å². The van der Waals surface area contributed by atoms with E-state index in [1.54, 1.807) is 7.11 Å². The fourth-order valence-corrected chi connectivity index (χ4v) is 2.82. The minimum Gasteiger partial charge on any atom is -0.496 e. The van der Waals surface area contributed by atoms with E-state index < -0.39 is 0 Å². The highest BCUT2D eigenvalue weighted by Crippen LogP contribution is 2.32. The van der Waals surface area contributed by atoms with E-state index in [2.05, 4.69) is 30.3 Å². The molecule has 4 nitrogen and oxygen atoms in total. The van der Waals surface area contributed by atoms with Crippen molar-refractivity contribution in [3.05, 3.63) is 40.2 Å². The lowest BCUT2D eigenvalue weighted by molar-refractivity contribution is 0.304. The fraction of sp³-hybridized carbons (Fsp3) is 0.400. The SMILES string of the molecule is COC1=C2C=c3c(cnn3CC(C)N)=C2C(C)C=C1. The maximum atomic E-state index is 5.87. The van der Waals surface area contributed by atoms with Crippen LogP contribution in [0.4, 0.5) is 0 Å². The van der Waals surface area contributed by atoms with E-state index in [-0.39, 0.29) is 6.04 Å². The van der Waals surface area contributed by atoms with Crippen LogP contribution in [0.15, 0.2) is 29.7 Å². The topological polar surface area (TPSA) is 53.1 Å². The quantitative estimate of drug-likeness (QED) is 0.846. The molecule has 0 bridgehead atoms. The number of rotatable bonds is 3. The van der Waals surface area contributed by atoms with E-state index in [1.165, 1.54) is 16.4 Å². The molecule has 1 aromatic heterocycles. The number of hydrogen-bond acceptors (Lipinski definition) is 3. The zero-order valence-electron chi connectivity index (χ0n) is 11.6. The van der Waals surface area contributed by atoms with Gasteiger partial charge < -0.3 is 10.5 Å². The van der Waals surface area contributed by atoms with Crippen LogP contribution in [0.25, 0.3) is 11.6 Å². The van der Waals surface area contributed by atoms with Gasteiger partial charge in [-0.25, -0.2) is 0 Å². The average molecular weight is 257 g/mol. The number of hydrogen-bond donors (Lipinski definition) is 1. The summed E-state index contributed by atoms with van der Waals surface area (Å²) in [7, 11) is 1.71. The molecule has 2 atom stereocenters. The van der Waals surface area contributed by atoms with Crippen LogP contribution in [0.1, 0.15) is 13.8 Å². The lowest BCUT2D eigenvalue weighted by Crippen LogP contribution is -2.33. The van der Waals surface area contributed by atoms with E-state index >= 15 is 0 Å². The Hall–Kier alpha value is -1.81. The van der Waals surface area contributed by atoms with Gasteiger partial charge >= 0.3 is 0 Å². The molecule has 2 aliphatic rings. The minimum absolute atomic E-state index is 0.0939. The van der Waals surface area contributed by atoms with Crippen LogP contribution in [0.3, 0.4) is 0 Å². The highest BCUT2D eigenvalue weighted by Gasteiger charge is 2.24. The Morgan fingerprint density at radius 3 is 3.00 bits per heavy atom. The summed E-state index contributed by atoms with van der Waals surface area (Å²) in [5.74, 6) is 1.32. The Kier molecular flexibility index (Phi) is 2.82. The van der Waals surface area contributed by atoms with Gasteiger partial charge in [0.1, 0.15) is 5.76 Å². The Labute approximate surface area is 112 Å². The molecule has 0 aliphatic heterocycles. The second-order valence-corrected chi connectivity index (χ2v) is 5.29. The molecule has 4 heteroatoms. The third-order valence-corrected chi connectivity index (χ3v) is 3.68. The van der Waals surface area contributed by atoms with Crippen LogP contribution in [-0.2, 0) is 11.3 Å². The van der Waals surface area contributed by atoms with Gasteiger partial charge in [0.15, 0.2) is 0 Å². The summed E-state index contributed by atoms with van der Waals surface area (Å²) in [6, 6.07) is 0.0939. The van der Waals surface area contributed by atoms with Gasteiger partial charge in [-0.15, -0.1) is 0 Å². The summed E-state index contributed by atoms with van der Waals surface area (Å²) in [4.78, 5) is 0. The monoisotopic (exact) mass is 257 g/mol. The Morgan fingerprint density at radius 1 is 1.53 bits per heavy atom. The van der Waals surface area contributed by atoms with Crippen LogP contribution in [0.2, 0.25) is 0 Å². The number of methoxy groups -OCH3 is 1. The van der Waals surface area contributed by atoms with Crippen molar-refractivity contribution in [2.24, 2.45) is 11.7 Å². The molecule has 1 heterocycles. The molecule has 0 amide bonds. The lowest BCUT2D eigenvalue weighted by Gasteiger charge is -2.18. The van der Waals surface area contributed by atoms with Crippen molar-refractivity contribution in [1.29, 1.82) is 0 Å². The van der Waals surface area contributed by atoms with Crippen LogP contribution in [0.5, 0.6) is 0 Å². The van der Waals surface area contributed by atoms with Gasteiger partial charge in [-0.3, -0.25) is 4.68 Å². The van der Waals surface area contributed by atoms with E-state index in [1.807, 2.05) is 17.8 Å². The number of nitrogens with two attached hydrogens (primary N) is 1. The van der Waals surface area contributed by atoms with Gasteiger partial charge in [0, 0.05) is 22.8 Å². The Balaban J connectivity index is 2.22.